The van der Waals surface area contributed by atoms with Gasteiger partial charge in [0.2, 0.25) is 0 Å². The van der Waals surface area contributed by atoms with Crippen LogP contribution in [0.5, 0.6) is 0 Å². The van der Waals surface area contributed by atoms with Crippen LogP contribution in [-0.2, 0) is 9.05 Å². The number of fused-ring (bicyclic) bond motifs is 1. The summed E-state index contributed by atoms with van der Waals surface area (Å²) in [6.45, 7) is 0. The summed E-state index contributed by atoms with van der Waals surface area (Å²) >= 11 is 0. The van der Waals surface area contributed by atoms with E-state index in [2.05, 4.69) is 5.10 Å². The van der Waals surface area contributed by atoms with E-state index in [1.54, 1.807) is 18.3 Å². The Morgan fingerprint density at radius 3 is 2.77 bits per heavy atom. The fourth-order valence-electron chi connectivity index (χ4n) is 1.04. The molecule has 0 saturated carbocycles. The monoisotopic (exact) mass is 216 g/mol. The van der Waals surface area contributed by atoms with Crippen molar-refractivity contribution in [2.75, 3.05) is 0 Å². The van der Waals surface area contributed by atoms with Crippen molar-refractivity contribution in [3.8, 4) is 0 Å². The van der Waals surface area contributed by atoms with Gasteiger partial charge in [-0.1, -0.05) is 0 Å². The lowest BCUT2D eigenvalue weighted by molar-refractivity contribution is 0.608. The van der Waals surface area contributed by atoms with Crippen LogP contribution in [0.15, 0.2) is 35.5 Å². The largest absolute Gasteiger partial charge is 0.262 e. The molecule has 0 bridgehead atoms. The molecule has 2 aromatic heterocycles. The van der Waals surface area contributed by atoms with Gasteiger partial charge in [0.25, 0.3) is 9.05 Å². The smallest absolute Gasteiger partial charge is 0.240 e. The summed E-state index contributed by atoms with van der Waals surface area (Å²) < 4.78 is 23.3. The molecule has 2 rings (SSSR count). The van der Waals surface area contributed by atoms with Crippen molar-refractivity contribution in [3.63, 3.8) is 0 Å². The minimum atomic E-state index is -3.66. The minimum Gasteiger partial charge on any atom is -0.240 e. The quantitative estimate of drug-likeness (QED) is 0.675. The summed E-state index contributed by atoms with van der Waals surface area (Å²) in [5.74, 6) is 0. The number of pyridine rings is 1. The second kappa shape index (κ2) is 2.71. The van der Waals surface area contributed by atoms with Crippen molar-refractivity contribution in [3.05, 3.63) is 30.6 Å². The zero-order valence-electron chi connectivity index (χ0n) is 6.38. The van der Waals surface area contributed by atoms with Crippen LogP contribution >= 0.6 is 10.7 Å². The summed E-state index contributed by atoms with van der Waals surface area (Å²) in [6, 6.07) is 4.85. The van der Waals surface area contributed by atoms with Crippen molar-refractivity contribution in [2.24, 2.45) is 0 Å². The van der Waals surface area contributed by atoms with Crippen molar-refractivity contribution < 1.29 is 8.42 Å². The molecule has 0 aliphatic rings. The van der Waals surface area contributed by atoms with Gasteiger partial charge in [-0.25, -0.2) is 12.9 Å². The Hall–Kier alpha value is -1.07. The maximum absolute atomic E-state index is 10.9. The van der Waals surface area contributed by atoms with Gasteiger partial charge in [0.05, 0.1) is 5.52 Å². The molecule has 0 unspecified atom stereocenters. The van der Waals surface area contributed by atoms with E-state index < -0.39 is 9.05 Å². The van der Waals surface area contributed by atoms with Crippen LogP contribution in [-0.4, -0.2) is 18.0 Å². The van der Waals surface area contributed by atoms with Crippen molar-refractivity contribution in [1.82, 2.24) is 9.61 Å². The van der Waals surface area contributed by atoms with Crippen LogP contribution in [0.25, 0.3) is 5.52 Å². The van der Waals surface area contributed by atoms with Gasteiger partial charge in [-0.05, 0) is 18.2 Å². The van der Waals surface area contributed by atoms with E-state index >= 15 is 0 Å². The first kappa shape index (κ1) is 8.52. The van der Waals surface area contributed by atoms with Crippen molar-refractivity contribution in [1.29, 1.82) is 0 Å². The van der Waals surface area contributed by atoms with Gasteiger partial charge >= 0.3 is 0 Å². The van der Waals surface area contributed by atoms with E-state index in [-0.39, 0.29) is 4.90 Å². The van der Waals surface area contributed by atoms with E-state index in [0.29, 0.717) is 0 Å². The molecule has 0 aliphatic carbocycles. The molecular formula is C7H5ClN2O2S. The third-order valence-corrected chi connectivity index (χ3v) is 2.99. The highest BCUT2D eigenvalue weighted by Gasteiger charge is 2.10. The number of halogens is 1. The number of hydrogen-bond acceptors (Lipinski definition) is 3. The lowest BCUT2D eigenvalue weighted by atomic mass is 10.4. The average molecular weight is 217 g/mol. The molecule has 0 saturated heterocycles. The van der Waals surface area contributed by atoms with Crippen molar-refractivity contribution in [2.45, 2.75) is 4.90 Å². The Bertz CT molecular complexity index is 546. The Morgan fingerprint density at radius 2 is 2.08 bits per heavy atom. The second-order valence-corrected chi connectivity index (χ2v) is 5.07. The first-order valence-electron chi connectivity index (χ1n) is 3.45. The number of nitrogens with zero attached hydrogens (tertiary/aromatic N) is 2. The van der Waals surface area contributed by atoms with E-state index in [1.165, 1.54) is 16.8 Å². The molecule has 68 valence electrons. The van der Waals surface area contributed by atoms with Gasteiger partial charge in [-0.2, -0.15) is 5.10 Å². The molecule has 6 heteroatoms. The molecule has 0 aliphatic heterocycles. The maximum Gasteiger partial charge on any atom is 0.262 e. The number of hydrogen-bond donors (Lipinski definition) is 0. The predicted octanol–water partition coefficient (Wildman–Crippen LogP) is 1.26. The molecule has 0 atom stereocenters. The Kier molecular flexibility index (Phi) is 1.78. The highest BCUT2D eigenvalue weighted by atomic mass is 35.7. The van der Waals surface area contributed by atoms with E-state index in [1.807, 2.05) is 0 Å². The zero-order chi connectivity index (χ0) is 9.47. The molecule has 2 heterocycles. The molecule has 0 aromatic carbocycles. The minimum absolute atomic E-state index is 0.0466. The first-order chi connectivity index (χ1) is 6.07. The van der Waals surface area contributed by atoms with Crippen LogP contribution in [0, 0.1) is 0 Å². The molecule has 0 fully saturated rings. The molecular weight excluding hydrogens is 212 g/mol. The lowest BCUT2D eigenvalue weighted by Gasteiger charge is -1.96. The van der Waals surface area contributed by atoms with Crippen LogP contribution < -0.4 is 0 Å². The SMILES string of the molecule is O=S(=O)(Cl)c1ccc2ccnn2c1. The van der Waals surface area contributed by atoms with Gasteiger partial charge < -0.3 is 0 Å². The third kappa shape index (κ3) is 1.52. The predicted molar refractivity (Wildman–Crippen MR) is 48.2 cm³/mol. The Morgan fingerprint density at radius 1 is 1.31 bits per heavy atom. The summed E-state index contributed by atoms with van der Waals surface area (Å²) in [7, 11) is 1.50. The van der Waals surface area contributed by atoms with Crippen LogP contribution in [0.3, 0.4) is 0 Å². The molecule has 0 spiro atoms. The molecule has 13 heavy (non-hydrogen) atoms. The molecule has 0 N–H and O–H groups in total. The molecule has 0 radical (unpaired) electrons. The van der Waals surface area contributed by atoms with Gasteiger partial charge in [-0.15, -0.1) is 0 Å². The molecule has 0 amide bonds. The van der Waals surface area contributed by atoms with E-state index in [0.717, 1.165) is 5.52 Å². The number of rotatable bonds is 1. The Labute approximate surface area is 79.2 Å². The zero-order valence-corrected chi connectivity index (χ0v) is 7.96. The van der Waals surface area contributed by atoms with Crippen LogP contribution in [0.2, 0.25) is 0 Å². The fraction of sp³-hybridized carbons (Fsp3) is 0. The highest BCUT2D eigenvalue weighted by molar-refractivity contribution is 8.13. The Balaban J connectivity index is 2.75. The van der Waals surface area contributed by atoms with Crippen molar-refractivity contribution >= 4 is 25.2 Å². The summed E-state index contributed by atoms with van der Waals surface area (Å²) in [5.41, 5.74) is 0.823. The third-order valence-electron chi connectivity index (χ3n) is 1.65. The fourth-order valence-corrected chi connectivity index (χ4v) is 1.77. The van der Waals surface area contributed by atoms with Crippen LogP contribution in [0.4, 0.5) is 0 Å². The maximum atomic E-state index is 10.9. The lowest BCUT2D eigenvalue weighted by Crippen LogP contribution is -1.94. The topological polar surface area (TPSA) is 51.4 Å². The highest BCUT2D eigenvalue weighted by Crippen LogP contribution is 2.15. The van der Waals surface area contributed by atoms with E-state index in [9.17, 15) is 8.42 Å². The number of aromatic nitrogens is 2. The molecule has 2 aromatic rings. The summed E-state index contributed by atoms with van der Waals surface area (Å²) in [4.78, 5) is 0.0466. The summed E-state index contributed by atoms with van der Waals surface area (Å²) in [5, 5.41) is 3.89. The van der Waals surface area contributed by atoms with E-state index in [4.69, 9.17) is 10.7 Å². The normalized spacial score (nSPS) is 12.1. The summed E-state index contributed by atoms with van der Waals surface area (Å²) in [6.07, 6.45) is 2.96. The van der Waals surface area contributed by atoms with Gasteiger partial charge in [0.15, 0.2) is 0 Å². The molecule has 4 nitrogen and oxygen atoms in total. The average Bonchev–Trinajstić information content (AvgIpc) is 2.47. The second-order valence-electron chi connectivity index (χ2n) is 2.50. The first-order valence-corrected chi connectivity index (χ1v) is 5.76. The standard InChI is InChI=1S/C7H5ClN2O2S/c8-13(11,12)7-2-1-6-3-4-9-10(6)5-7/h1-5H. The van der Waals surface area contributed by atoms with Crippen LogP contribution in [0.1, 0.15) is 0 Å². The van der Waals surface area contributed by atoms with Gasteiger partial charge in [0, 0.05) is 23.1 Å². The van der Waals surface area contributed by atoms with Gasteiger partial charge in [-0.3, -0.25) is 0 Å². The van der Waals surface area contributed by atoms with Gasteiger partial charge in [0.1, 0.15) is 4.90 Å².